The molecular formula is C24H24N2O2. The zero-order valence-electron chi connectivity index (χ0n) is 16.1. The highest BCUT2D eigenvalue weighted by Gasteiger charge is 2.19. The molecule has 1 aromatic heterocycles. The number of hydrogen-bond acceptors (Lipinski definition) is 3. The standard InChI is InChI=1S/C24H24N2O2/c1-4-11-22-25-23(20-14-9-6-10-15-20)21(17-28-24(27)18(2)3)26(22)16-19-12-7-5-8-13-19/h4-10,12-15H,1-2,11,16-17H2,3H3. The highest BCUT2D eigenvalue weighted by Crippen LogP contribution is 2.26. The van der Waals surface area contributed by atoms with Gasteiger partial charge >= 0.3 is 5.97 Å². The topological polar surface area (TPSA) is 44.1 Å². The third-order valence-electron chi connectivity index (χ3n) is 4.40. The number of esters is 1. The first-order chi connectivity index (χ1) is 13.6. The summed E-state index contributed by atoms with van der Waals surface area (Å²) in [7, 11) is 0. The minimum atomic E-state index is -0.406. The maximum atomic E-state index is 12.0. The molecule has 0 saturated heterocycles. The van der Waals surface area contributed by atoms with Gasteiger partial charge in [-0.2, -0.15) is 0 Å². The number of carbonyl (C=O) groups is 1. The third-order valence-corrected chi connectivity index (χ3v) is 4.40. The molecule has 3 rings (SSSR count). The van der Waals surface area contributed by atoms with Gasteiger partial charge in [0.15, 0.2) is 0 Å². The minimum Gasteiger partial charge on any atom is -0.456 e. The van der Waals surface area contributed by atoms with Crippen LogP contribution in [-0.4, -0.2) is 15.5 Å². The fraction of sp³-hybridized carbons (Fsp3) is 0.167. The van der Waals surface area contributed by atoms with E-state index in [0.29, 0.717) is 18.5 Å². The Hall–Kier alpha value is -3.40. The molecule has 142 valence electrons. The molecule has 0 atom stereocenters. The summed E-state index contributed by atoms with van der Waals surface area (Å²) in [6.07, 6.45) is 2.46. The number of carbonyl (C=O) groups excluding carboxylic acids is 1. The third kappa shape index (κ3) is 4.46. The number of imidazole rings is 1. The van der Waals surface area contributed by atoms with Crippen molar-refractivity contribution in [3.63, 3.8) is 0 Å². The van der Waals surface area contributed by atoms with Crippen molar-refractivity contribution in [2.24, 2.45) is 0 Å². The van der Waals surface area contributed by atoms with Crippen molar-refractivity contribution >= 4 is 5.97 Å². The molecule has 4 heteroatoms. The van der Waals surface area contributed by atoms with Gasteiger partial charge in [0, 0.05) is 24.1 Å². The molecule has 0 N–H and O–H groups in total. The van der Waals surface area contributed by atoms with Crippen LogP contribution in [0, 0.1) is 0 Å². The molecule has 0 spiro atoms. The van der Waals surface area contributed by atoms with Gasteiger partial charge in [0.2, 0.25) is 0 Å². The van der Waals surface area contributed by atoms with E-state index >= 15 is 0 Å². The summed E-state index contributed by atoms with van der Waals surface area (Å²) >= 11 is 0. The Kier molecular flexibility index (Phi) is 6.22. The minimum absolute atomic E-state index is 0.132. The van der Waals surface area contributed by atoms with Crippen LogP contribution in [0.3, 0.4) is 0 Å². The summed E-state index contributed by atoms with van der Waals surface area (Å²) in [6, 6.07) is 20.1. The van der Waals surface area contributed by atoms with E-state index in [1.165, 1.54) is 0 Å². The fourth-order valence-corrected chi connectivity index (χ4v) is 3.01. The first-order valence-corrected chi connectivity index (χ1v) is 9.21. The lowest BCUT2D eigenvalue weighted by Crippen LogP contribution is -2.12. The average molecular weight is 372 g/mol. The molecular weight excluding hydrogens is 348 g/mol. The van der Waals surface area contributed by atoms with E-state index in [2.05, 4.69) is 29.9 Å². The number of rotatable bonds is 8. The molecule has 0 aliphatic carbocycles. The van der Waals surface area contributed by atoms with Crippen molar-refractivity contribution in [1.29, 1.82) is 0 Å². The number of allylic oxidation sites excluding steroid dienone is 1. The van der Waals surface area contributed by atoms with Crippen LogP contribution < -0.4 is 0 Å². The lowest BCUT2D eigenvalue weighted by Gasteiger charge is -2.13. The van der Waals surface area contributed by atoms with Crippen LogP contribution in [-0.2, 0) is 29.1 Å². The Balaban J connectivity index is 2.07. The van der Waals surface area contributed by atoms with E-state index in [-0.39, 0.29) is 6.61 Å². The summed E-state index contributed by atoms with van der Waals surface area (Å²) in [5, 5.41) is 0. The first-order valence-electron chi connectivity index (χ1n) is 9.21. The first kappa shape index (κ1) is 19.4. The molecule has 4 nitrogen and oxygen atoms in total. The molecule has 0 bridgehead atoms. The quantitative estimate of drug-likeness (QED) is 0.319. The van der Waals surface area contributed by atoms with Gasteiger partial charge in [0.1, 0.15) is 12.4 Å². The van der Waals surface area contributed by atoms with Crippen molar-refractivity contribution < 1.29 is 9.53 Å². The Morgan fingerprint density at radius 1 is 1.11 bits per heavy atom. The zero-order chi connectivity index (χ0) is 19.9. The monoisotopic (exact) mass is 372 g/mol. The maximum absolute atomic E-state index is 12.0. The van der Waals surface area contributed by atoms with Gasteiger partial charge in [-0.15, -0.1) is 6.58 Å². The van der Waals surface area contributed by atoms with Crippen molar-refractivity contribution in [3.05, 3.63) is 103 Å². The van der Waals surface area contributed by atoms with Crippen LogP contribution in [0.25, 0.3) is 11.3 Å². The van der Waals surface area contributed by atoms with Crippen molar-refractivity contribution in [3.8, 4) is 11.3 Å². The van der Waals surface area contributed by atoms with E-state index in [0.717, 1.165) is 28.3 Å². The van der Waals surface area contributed by atoms with E-state index in [4.69, 9.17) is 9.72 Å². The van der Waals surface area contributed by atoms with Crippen LogP contribution in [0.5, 0.6) is 0 Å². The number of nitrogens with zero attached hydrogens (tertiary/aromatic N) is 2. The second-order valence-corrected chi connectivity index (χ2v) is 6.61. The molecule has 0 fully saturated rings. The number of benzene rings is 2. The Bertz CT molecular complexity index is 973. The molecule has 0 amide bonds. The Morgan fingerprint density at radius 2 is 1.75 bits per heavy atom. The van der Waals surface area contributed by atoms with E-state index in [1.54, 1.807) is 6.92 Å². The smallest absolute Gasteiger partial charge is 0.333 e. The lowest BCUT2D eigenvalue weighted by molar-refractivity contribution is -0.140. The van der Waals surface area contributed by atoms with Crippen LogP contribution in [0.15, 0.2) is 85.5 Å². The molecule has 0 aliphatic heterocycles. The Labute approximate surface area is 165 Å². The van der Waals surface area contributed by atoms with E-state index in [1.807, 2.05) is 54.6 Å². The van der Waals surface area contributed by atoms with Gasteiger partial charge in [-0.3, -0.25) is 0 Å². The summed E-state index contributed by atoms with van der Waals surface area (Å²) in [5.74, 6) is 0.482. The highest BCUT2D eigenvalue weighted by atomic mass is 16.5. The second-order valence-electron chi connectivity index (χ2n) is 6.61. The summed E-state index contributed by atoms with van der Waals surface area (Å²) in [4.78, 5) is 16.9. The van der Waals surface area contributed by atoms with Gasteiger partial charge in [-0.1, -0.05) is 73.3 Å². The van der Waals surface area contributed by atoms with Gasteiger partial charge in [-0.25, -0.2) is 9.78 Å². The van der Waals surface area contributed by atoms with Crippen LogP contribution in [0.4, 0.5) is 0 Å². The normalized spacial score (nSPS) is 10.5. The highest BCUT2D eigenvalue weighted by molar-refractivity contribution is 5.87. The number of hydrogen-bond donors (Lipinski definition) is 0. The largest absolute Gasteiger partial charge is 0.456 e. The molecule has 28 heavy (non-hydrogen) atoms. The summed E-state index contributed by atoms with van der Waals surface area (Å²) in [5.41, 5.74) is 4.20. The molecule has 0 unspecified atom stereocenters. The lowest BCUT2D eigenvalue weighted by atomic mass is 10.1. The van der Waals surface area contributed by atoms with Gasteiger partial charge in [0.05, 0.1) is 11.4 Å². The number of ether oxygens (including phenoxy) is 1. The molecule has 0 saturated carbocycles. The molecule has 1 heterocycles. The molecule has 0 radical (unpaired) electrons. The molecule has 2 aromatic carbocycles. The molecule has 3 aromatic rings. The molecule has 0 aliphatic rings. The Morgan fingerprint density at radius 3 is 2.36 bits per heavy atom. The van der Waals surface area contributed by atoms with Crippen LogP contribution in [0.2, 0.25) is 0 Å². The van der Waals surface area contributed by atoms with Crippen LogP contribution >= 0.6 is 0 Å². The van der Waals surface area contributed by atoms with Crippen molar-refractivity contribution in [2.45, 2.75) is 26.5 Å². The summed E-state index contributed by atoms with van der Waals surface area (Å²) < 4.78 is 7.61. The fourth-order valence-electron chi connectivity index (χ4n) is 3.01. The van der Waals surface area contributed by atoms with Crippen molar-refractivity contribution in [1.82, 2.24) is 9.55 Å². The van der Waals surface area contributed by atoms with E-state index < -0.39 is 5.97 Å². The van der Waals surface area contributed by atoms with Gasteiger partial charge in [0.25, 0.3) is 0 Å². The maximum Gasteiger partial charge on any atom is 0.333 e. The van der Waals surface area contributed by atoms with Crippen molar-refractivity contribution in [2.75, 3.05) is 0 Å². The van der Waals surface area contributed by atoms with Crippen LogP contribution in [0.1, 0.15) is 24.0 Å². The predicted molar refractivity (Wildman–Crippen MR) is 112 cm³/mol. The van der Waals surface area contributed by atoms with Gasteiger partial charge < -0.3 is 9.30 Å². The SMILES string of the molecule is C=CCc1nc(-c2ccccc2)c(COC(=O)C(=C)C)n1Cc1ccccc1. The number of aromatic nitrogens is 2. The summed E-state index contributed by atoms with van der Waals surface area (Å²) in [6.45, 7) is 9.94. The second kappa shape index (κ2) is 9.00. The van der Waals surface area contributed by atoms with Gasteiger partial charge in [-0.05, 0) is 12.5 Å². The zero-order valence-corrected chi connectivity index (χ0v) is 16.1. The predicted octanol–water partition coefficient (Wildman–Crippen LogP) is 4.95. The van der Waals surface area contributed by atoms with E-state index in [9.17, 15) is 4.79 Å². The average Bonchev–Trinajstić information content (AvgIpc) is 3.05.